The number of benzene rings is 3. The number of carboxylic acids is 1. The highest BCUT2D eigenvalue weighted by Crippen LogP contribution is 2.40. The first kappa shape index (κ1) is 24.6. The Morgan fingerprint density at radius 2 is 1.67 bits per heavy atom. The van der Waals surface area contributed by atoms with Crippen molar-refractivity contribution in [2.24, 2.45) is 22.2 Å². The molecular formula is C27H27N5O4. The van der Waals surface area contributed by atoms with E-state index in [1.807, 2.05) is 30.3 Å². The Balaban J connectivity index is 1.81. The van der Waals surface area contributed by atoms with Crippen LogP contribution in [0.5, 0.6) is 0 Å². The van der Waals surface area contributed by atoms with E-state index in [1.165, 1.54) is 16.3 Å². The molecule has 1 atom stereocenters. The van der Waals surface area contributed by atoms with Gasteiger partial charge in [-0.05, 0) is 35.6 Å². The molecule has 184 valence electrons. The van der Waals surface area contributed by atoms with E-state index in [0.29, 0.717) is 23.2 Å². The molecule has 1 heterocycles. The first-order valence-electron chi connectivity index (χ1n) is 11.4. The highest BCUT2D eigenvalue weighted by Gasteiger charge is 2.52. The zero-order valence-electron chi connectivity index (χ0n) is 19.6. The van der Waals surface area contributed by atoms with Crippen LogP contribution in [-0.4, -0.2) is 40.5 Å². The first-order chi connectivity index (χ1) is 17.4. The number of hydrogen-bond acceptors (Lipinski definition) is 7. The largest absolute Gasteiger partial charge is 0.481 e. The predicted octanol–water partition coefficient (Wildman–Crippen LogP) is 2.55. The zero-order valence-corrected chi connectivity index (χ0v) is 19.6. The zero-order chi connectivity index (χ0) is 25.7. The van der Waals surface area contributed by atoms with Crippen LogP contribution in [0.1, 0.15) is 33.5 Å². The van der Waals surface area contributed by atoms with E-state index in [4.69, 9.17) is 11.7 Å². The van der Waals surface area contributed by atoms with Gasteiger partial charge in [0.25, 0.3) is 5.91 Å². The van der Waals surface area contributed by atoms with Gasteiger partial charge in [0.05, 0.1) is 18.3 Å². The standard InChI is InChI=1S/C27H27N5O4/c28-30-18-20-10-12-21(13-11-20)25(35)27(17-24(33)34)16-22-8-4-5-9-23(22)32(29)31(26(27)36)15-14-19-6-2-1-3-7-19/h1-13,18H,14-17,28-29H2,(H,33,34). The third-order valence-corrected chi connectivity index (χ3v) is 6.37. The van der Waals surface area contributed by atoms with Crippen LogP contribution in [0.4, 0.5) is 5.69 Å². The van der Waals surface area contributed by atoms with Crippen molar-refractivity contribution in [3.8, 4) is 0 Å². The summed E-state index contributed by atoms with van der Waals surface area (Å²) >= 11 is 0. The third-order valence-electron chi connectivity index (χ3n) is 6.37. The second-order valence-electron chi connectivity index (χ2n) is 8.70. The fraction of sp³-hybridized carbons (Fsp3) is 0.185. The van der Waals surface area contributed by atoms with E-state index in [9.17, 15) is 19.5 Å². The minimum Gasteiger partial charge on any atom is -0.481 e. The van der Waals surface area contributed by atoms with E-state index >= 15 is 0 Å². The molecule has 0 spiro atoms. The second-order valence-corrected chi connectivity index (χ2v) is 8.70. The number of fused-ring (bicyclic) bond motifs is 1. The number of rotatable bonds is 8. The van der Waals surface area contributed by atoms with Crippen LogP contribution in [-0.2, 0) is 22.4 Å². The maximum Gasteiger partial charge on any atom is 0.304 e. The summed E-state index contributed by atoms with van der Waals surface area (Å²) < 4.78 is 0. The average Bonchev–Trinajstić information content (AvgIpc) is 2.97. The fourth-order valence-corrected chi connectivity index (χ4v) is 4.59. The van der Waals surface area contributed by atoms with Gasteiger partial charge >= 0.3 is 5.97 Å². The maximum atomic E-state index is 14.2. The van der Waals surface area contributed by atoms with Crippen molar-refractivity contribution in [3.05, 3.63) is 101 Å². The minimum atomic E-state index is -1.89. The van der Waals surface area contributed by atoms with Crippen LogP contribution in [0.15, 0.2) is 84.0 Å². The fourth-order valence-electron chi connectivity index (χ4n) is 4.59. The van der Waals surface area contributed by atoms with Gasteiger partial charge in [0.2, 0.25) is 0 Å². The molecular weight excluding hydrogens is 458 g/mol. The van der Waals surface area contributed by atoms with Crippen molar-refractivity contribution < 1.29 is 19.5 Å². The first-order valence-corrected chi connectivity index (χ1v) is 11.4. The molecule has 5 N–H and O–H groups in total. The summed E-state index contributed by atoms with van der Waals surface area (Å²) in [4.78, 5) is 40.3. The summed E-state index contributed by atoms with van der Waals surface area (Å²) in [6.07, 6.45) is 1.11. The normalized spacial score (nSPS) is 17.6. The van der Waals surface area contributed by atoms with Crippen LogP contribution in [0.2, 0.25) is 0 Å². The highest BCUT2D eigenvalue weighted by molar-refractivity contribution is 6.16. The number of hydrazine groups is 2. The number of carboxylic acid groups (broad SMARTS) is 1. The van der Waals surface area contributed by atoms with E-state index < -0.39 is 29.5 Å². The SMILES string of the molecule is NN=Cc1ccc(C(=O)C2(CC(=O)O)Cc3ccccc3N(N)N(CCc3ccccc3)C2=O)cc1. The molecule has 0 fully saturated rings. The smallest absolute Gasteiger partial charge is 0.304 e. The Hall–Kier alpha value is -4.50. The molecule has 0 aliphatic carbocycles. The molecule has 1 aliphatic rings. The molecule has 0 saturated carbocycles. The molecule has 3 aromatic carbocycles. The van der Waals surface area contributed by atoms with Crippen molar-refractivity contribution >= 4 is 29.6 Å². The number of anilines is 1. The average molecular weight is 486 g/mol. The lowest BCUT2D eigenvalue weighted by Crippen LogP contribution is -2.58. The van der Waals surface area contributed by atoms with Gasteiger partial charge in [-0.2, -0.15) is 5.10 Å². The number of carbonyl (C=O) groups is 3. The van der Waals surface area contributed by atoms with Crippen LogP contribution in [0, 0.1) is 5.41 Å². The number of aliphatic carboxylic acids is 1. The molecule has 0 radical (unpaired) electrons. The minimum absolute atomic E-state index is 0.102. The van der Waals surface area contributed by atoms with Gasteiger partial charge in [0.15, 0.2) is 5.78 Å². The van der Waals surface area contributed by atoms with Crippen LogP contribution in [0.25, 0.3) is 0 Å². The van der Waals surface area contributed by atoms with Crippen molar-refractivity contribution in [2.45, 2.75) is 19.3 Å². The number of nitrogens with two attached hydrogens (primary N) is 2. The van der Waals surface area contributed by atoms with Gasteiger partial charge in [-0.25, -0.2) is 16.0 Å². The van der Waals surface area contributed by atoms with E-state index in [1.54, 1.807) is 48.5 Å². The molecule has 1 amide bonds. The summed E-state index contributed by atoms with van der Waals surface area (Å²) in [7, 11) is 0. The van der Waals surface area contributed by atoms with E-state index in [2.05, 4.69) is 5.10 Å². The van der Waals surface area contributed by atoms with Crippen LogP contribution in [0.3, 0.4) is 0 Å². The second kappa shape index (κ2) is 10.4. The number of amides is 1. The summed E-state index contributed by atoms with van der Waals surface area (Å²) in [5, 5.41) is 15.8. The topological polar surface area (TPSA) is 142 Å². The van der Waals surface area contributed by atoms with Crippen molar-refractivity contribution in [2.75, 3.05) is 11.7 Å². The molecule has 0 bridgehead atoms. The highest BCUT2D eigenvalue weighted by atomic mass is 16.4. The molecule has 4 rings (SSSR count). The number of nitrogens with zero attached hydrogens (tertiary/aromatic N) is 3. The summed E-state index contributed by atoms with van der Waals surface area (Å²) in [6.45, 7) is 0.161. The lowest BCUT2D eigenvalue weighted by Gasteiger charge is -2.36. The molecule has 0 aromatic heterocycles. The molecule has 9 heteroatoms. The van der Waals surface area contributed by atoms with Crippen LogP contribution >= 0.6 is 0 Å². The van der Waals surface area contributed by atoms with Gasteiger partial charge in [0, 0.05) is 12.1 Å². The van der Waals surface area contributed by atoms with Crippen molar-refractivity contribution in [1.82, 2.24) is 5.01 Å². The lowest BCUT2D eigenvalue weighted by molar-refractivity contribution is -0.148. The maximum absolute atomic E-state index is 14.2. The van der Waals surface area contributed by atoms with Gasteiger partial charge in [-0.3, -0.25) is 14.4 Å². The molecule has 1 aliphatic heterocycles. The molecule has 0 saturated heterocycles. The van der Waals surface area contributed by atoms with Gasteiger partial charge < -0.3 is 10.9 Å². The van der Waals surface area contributed by atoms with Crippen molar-refractivity contribution in [1.29, 1.82) is 0 Å². The van der Waals surface area contributed by atoms with Gasteiger partial charge in [-0.1, -0.05) is 72.8 Å². The number of carbonyl (C=O) groups excluding carboxylic acids is 2. The summed E-state index contributed by atoms with van der Waals surface area (Å²) in [6, 6.07) is 23.0. The Morgan fingerprint density at radius 1 is 1.00 bits per heavy atom. The lowest BCUT2D eigenvalue weighted by atomic mass is 9.72. The Kier molecular flexibility index (Phi) is 7.12. The third kappa shape index (κ3) is 4.82. The number of para-hydroxylation sites is 1. The number of hydrogen-bond donors (Lipinski definition) is 3. The van der Waals surface area contributed by atoms with E-state index in [-0.39, 0.29) is 18.5 Å². The molecule has 3 aromatic rings. The van der Waals surface area contributed by atoms with E-state index in [0.717, 1.165) is 5.56 Å². The monoisotopic (exact) mass is 485 g/mol. The Bertz CT molecular complexity index is 1290. The summed E-state index contributed by atoms with van der Waals surface area (Å²) in [5.74, 6) is 9.15. The van der Waals surface area contributed by atoms with Crippen molar-refractivity contribution in [3.63, 3.8) is 0 Å². The van der Waals surface area contributed by atoms with Gasteiger partial charge in [-0.15, -0.1) is 0 Å². The van der Waals surface area contributed by atoms with Gasteiger partial charge in [0.1, 0.15) is 5.41 Å². The Morgan fingerprint density at radius 3 is 2.33 bits per heavy atom. The predicted molar refractivity (Wildman–Crippen MR) is 136 cm³/mol. The molecule has 36 heavy (non-hydrogen) atoms. The van der Waals surface area contributed by atoms with Crippen LogP contribution < -0.4 is 16.8 Å². The molecule has 1 unspecified atom stereocenters. The Labute approximate surface area is 208 Å². The number of Topliss-reactive ketones (excluding diaryl/α,β-unsaturated/α-hetero) is 1. The number of hydrazone groups is 1. The summed E-state index contributed by atoms with van der Waals surface area (Å²) in [5.41, 5.74) is 1.10. The number of ketones is 1. The molecule has 9 nitrogen and oxygen atoms in total. The quantitative estimate of drug-likeness (QED) is 0.146.